The molecule has 3 aromatic rings. The van der Waals surface area contributed by atoms with Crippen LogP contribution in [0.3, 0.4) is 0 Å². The first-order valence-electron chi connectivity index (χ1n) is 7.41. The lowest BCUT2D eigenvalue weighted by molar-refractivity contribution is 0.417. The Hall–Kier alpha value is -2.79. The number of aryl methyl sites for hydroxylation is 1. The van der Waals surface area contributed by atoms with Gasteiger partial charge in [-0.2, -0.15) is 0 Å². The zero-order valence-electron chi connectivity index (χ0n) is 13.4. The summed E-state index contributed by atoms with van der Waals surface area (Å²) >= 11 is 6.15. The van der Waals surface area contributed by atoms with E-state index in [2.05, 4.69) is 20.6 Å². The summed E-state index contributed by atoms with van der Waals surface area (Å²) in [7, 11) is 1.63. The number of methoxy groups -OCH3 is 1. The number of anilines is 4. The lowest BCUT2D eigenvalue weighted by Gasteiger charge is -2.11. The molecule has 0 saturated carbocycles. The minimum Gasteiger partial charge on any atom is -0.495 e. The Kier molecular flexibility index (Phi) is 4.82. The van der Waals surface area contributed by atoms with E-state index in [-0.39, 0.29) is 0 Å². The predicted molar refractivity (Wildman–Crippen MR) is 97.8 cm³/mol. The molecule has 2 N–H and O–H groups in total. The van der Waals surface area contributed by atoms with Gasteiger partial charge >= 0.3 is 0 Å². The van der Waals surface area contributed by atoms with Gasteiger partial charge in [-0.05, 0) is 36.8 Å². The Morgan fingerprint density at radius 2 is 1.71 bits per heavy atom. The molecule has 0 spiro atoms. The van der Waals surface area contributed by atoms with Gasteiger partial charge in [0.1, 0.15) is 23.7 Å². The lowest BCUT2D eigenvalue weighted by atomic mass is 10.2. The molecule has 0 aliphatic rings. The van der Waals surface area contributed by atoms with Crippen LogP contribution in [0.1, 0.15) is 5.56 Å². The molecule has 2 aromatic carbocycles. The Labute approximate surface area is 145 Å². The molecule has 0 aliphatic carbocycles. The molecule has 0 radical (unpaired) electrons. The zero-order chi connectivity index (χ0) is 16.9. The van der Waals surface area contributed by atoms with E-state index in [4.69, 9.17) is 16.3 Å². The third-order valence-electron chi connectivity index (χ3n) is 3.48. The van der Waals surface area contributed by atoms with Gasteiger partial charge in [-0.3, -0.25) is 0 Å². The van der Waals surface area contributed by atoms with Crippen molar-refractivity contribution in [2.24, 2.45) is 0 Å². The Balaban J connectivity index is 1.80. The molecule has 1 heterocycles. The summed E-state index contributed by atoms with van der Waals surface area (Å²) in [5, 5.41) is 7.16. The van der Waals surface area contributed by atoms with Crippen LogP contribution in [0.4, 0.5) is 23.0 Å². The first-order chi connectivity index (χ1) is 11.7. The van der Waals surface area contributed by atoms with Crippen molar-refractivity contribution < 1.29 is 4.74 Å². The maximum Gasteiger partial charge on any atom is 0.142 e. The molecule has 3 rings (SSSR count). The highest BCUT2D eigenvalue weighted by Crippen LogP contribution is 2.27. The van der Waals surface area contributed by atoms with E-state index in [0.29, 0.717) is 16.7 Å². The largest absolute Gasteiger partial charge is 0.495 e. The van der Waals surface area contributed by atoms with E-state index in [1.165, 1.54) is 6.33 Å². The smallest absolute Gasteiger partial charge is 0.142 e. The molecule has 5 nitrogen and oxygen atoms in total. The second-order valence-electron chi connectivity index (χ2n) is 5.20. The van der Waals surface area contributed by atoms with Crippen molar-refractivity contribution >= 4 is 34.6 Å². The molecule has 0 bridgehead atoms. The van der Waals surface area contributed by atoms with Crippen LogP contribution in [0.2, 0.25) is 5.02 Å². The molecule has 0 fully saturated rings. The van der Waals surface area contributed by atoms with E-state index in [1.807, 2.05) is 55.5 Å². The van der Waals surface area contributed by atoms with Gasteiger partial charge in [0.05, 0.1) is 12.8 Å². The van der Waals surface area contributed by atoms with E-state index < -0.39 is 0 Å². The number of ether oxygens (including phenoxy) is 1. The number of hydrogen-bond donors (Lipinski definition) is 2. The topological polar surface area (TPSA) is 59.1 Å². The van der Waals surface area contributed by atoms with Gasteiger partial charge in [0, 0.05) is 16.8 Å². The number of para-hydroxylation sites is 2. The fraction of sp³-hybridized carbons (Fsp3) is 0.111. The quantitative estimate of drug-likeness (QED) is 0.689. The van der Waals surface area contributed by atoms with Gasteiger partial charge in [-0.1, -0.05) is 29.8 Å². The molecule has 0 unspecified atom stereocenters. The summed E-state index contributed by atoms with van der Waals surface area (Å²) < 4.78 is 5.33. The van der Waals surface area contributed by atoms with Crippen molar-refractivity contribution in [1.29, 1.82) is 0 Å². The van der Waals surface area contributed by atoms with Gasteiger partial charge in [0.2, 0.25) is 0 Å². The van der Waals surface area contributed by atoms with Crippen LogP contribution in [0.15, 0.2) is 54.9 Å². The van der Waals surface area contributed by atoms with Crippen molar-refractivity contribution in [2.45, 2.75) is 6.92 Å². The highest BCUT2D eigenvalue weighted by molar-refractivity contribution is 6.31. The van der Waals surface area contributed by atoms with Gasteiger partial charge in [-0.25, -0.2) is 9.97 Å². The SMILES string of the molecule is COc1ccccc1Nc1cc(Nc2ccc(C)c(Cl)c2)ncn1. The average Bonchev–Trinajstić information content (AvgIpc) is 2.59. The fourth-order valence-electron chi connectivity index (χ4n) is 2.20. The standard InChI is InChI=1S/C18H17ClN4O/c1-12-7-8-13(9-14(12)19)22-17-10-18(21-11-20-17)23-15-5-3-4-6-16(15)24-2/h3-11H,1-2H3,(H2,20,21,22,23). The molecule has 6 heteroatoms. The third-order valence-corrected chi connectivity index (χ3v) is 3.89. The van der Waals surface area contributed by atoms with E-state index in [9.17, 15) is 0 Å². The van der Waals surface area contributed by atoms with Crippen LogP contribution in [-0.2, 0) is 0 Å². The summed E-state index contributed by atoms with van der Waals surface area (Å²) in [5.74, 6) is 2.08. The molecule has 122 valence electrons. The molecule has 0 amide bonds. The number of rotatable bonds is 5. The van der Waals surface area contributed by atoms with Gasteiger partial charge in [0.15, 0.2) is 0 Å². The zero-order valence-corrected chi connectivity index (χ0v) is 14.1. The van der Waals surface area contributed by atoms with Gasteiger partial charge < -0.3 is 15.4 Å². The minimum absolute atomic E-state index is 0.662. The number of aromatic nitrogens is 2. The summed E-state index contributed by atoms with van der Waals surface area (Å²) in [6.07, 6.45) is 1.50. The summed E-state index contributed by atoms with van der Waals surface area (Å²) in [4.78, 5) is 8.47. The van der Waals surface area contributed by atoms with Crippen LogP contribution < -0.4 is 15.4 Å². The maximum atomic E-state index is 6.15. The molecular weight excluding hydrogens is 324 g/mol. The second kappa shape index (κ2) is 7.19. The number of nitrogens with one attached hydrogen (secondary N) is 2. The molecule has 0 aliphatic heterocycles. The molecule has 0 saturated heterocycles. The Morgan fingerprint density at radius 1 is 0.958 bits per heavy atom. The average molecular weight is 341 g/mol. The van der Waals surface area contributed by atoms with E-state index in [1.54, 1.807) is 7.11 Å². The third kappa shape index (κ3) is 3.75. The highest BCUT2D eigenvalue weighted by Gasteiger charge is 2.05. The van der Waals surface area contributed by atoms with Crippen molar-refractivity contribution in [2.75, 3.05) is 17.7 Å². The molecular formula is C18H17ClN4O. The van der Waals surface area contributed by atoms with E-state index in [0.717, 1.165) is 22.7 Å². The van der Waals surface area contributed by atoms with Crippen molar-refractivity contribution in [1.82, 2.24) is 9.97 Å². The monoisotopic (exact) mass is 340 g/mol. The highest BCUT2D eigenvalue weighted by atomic mass is 35.5. The number of hydrogen-bond acceptors (Lipinski definition) is 5. The number of benzene rings is 2. The number of nitrogens with zero attached hydrogens (tertiary/aromatic N) is 2. The van der Waals surface area contributed by atoms with Crippen LogP contribution >= 0.6 is 11.6 Å². The van der Waals surface area contributed by atoms with Crippen LogP contribution in [-0.4, -0.2) is 17.1 Å². The fourth-order valence-corrected chi connectivity index (χ4v) is 2.38. The van der Waals surface area contributed by atoms with Gasteiger partial charge in [-0.15, -0.1) is 0 Å². The molecule has 24 heavy (non-hydrogen) atoms. The van der Waals surface area contributed by atoms with Crippen molar-refractivity contribution in [3.8, 4) is 5.75 Å². The van der Waals surface area contributed by atoms with Crippen LogP contribution in [0.5, 0.6) is 5.75 Å². The first-order valence-corrected chi connectivity index (χ1v) is 7.79. The minimum atomic E-state index is 0.662. The second-order valence-corrected chi connectivity index (χ2v) is 5.61. The Morgan fingerprint density at radius 3 is 2.46 bits per heavy atom. The normalized spacial score (nSPS) is 10.3. The maximum absolute atomic E-state index is 6.15. The summed E-state index contributed by atoms with van der Waals surface area (Å²) in [6, 6.07) is 15.3. The van der Waals surface area contributed by atoms with E-state index >= 15 is 0 Å². The van der Waals surface area contributed by atoms with Crippen molar-refractivity contribution in [3.05, 3.63) is 65.4 Å². The van der Waals surface area contributed by atoms with Crippen LogP contribution in [0, 0.1) is 6.92 Å². The van der Waals surface area contributed by atoms with Crippen molar-refractivity contribution in [3.63, 3.8) is 0 Å². The molecule has 0 atom stereocenters. The van der Waals surface area contributed by atoms with Crippen LogP contribution in [0.25, 0.3) is 0 Å². The number of halogens is 1. The first kappa shape index (κ1) is 16.1. The molecule has 1 aromatic heterocycles. The Bertz CT molecular complexity index is 854. The summed E-state index contributed by atoms with van der Waals surface area (Å²) in [6.45, 7) is 1.96. The lowest BCUT2D eigenvalue weighted by Crippen LogP contribution is -1.99. The predicted octanol–water partition coefficient (Wildman–Crippen LogP) is 4.93. The summed E-state index contributed by atoms with van der Waals surface area (Å²) in [5.41, 5.74) is 2.74. The van der Waals surface area contributed by atoms with Gasteiger partial charge in [0.25, 0.3) is 0 Å².